The van der Waals surface area contributed by atoms with Crippen molar-refractivity contribution in [3.8, 4) is 0 Å². The fourth-order valence-corrected chi connectivity index (χ4v) is 2.47. The summed E-state index contributed by atoms with van der Waals surface area (Å²) >= 11 is 0. The SMILES string of the molecule is CCC1(c2nc3ncncc3[nH]2)CCCN1. The maximum atomic E-state index is 4.57. The van der Waals surface area contributed by atoms with Gasteiger partial charge in [-0.3, -0.25) is 0 Å². The summed E-state index contributed by atoms with van der Waals surface area (Å²) < 4.78 is 0. The van der Waals surface area contributed by atoms with E-state index < -0.39 is 0 Å². The van der Waals surface area contributed by atoms with E-state index in [0.717, 1.165) is 36.4 Å². The van der Waals surface area contributed by atoms with Crippen molar-refractivity contribution < 1.29 is 0 Å². The van der Waals surface area contributed by atoms with Gasteiger partial charge >= 0.3 is 0 Å². The third kappa shape index (κ3) is 1.31. The Balaban J connectivity index is 2.10. The Hall–Kier alpha value is -1.49. The highest BCUT2D eigenvalue weighted by Gasteiger charge is 2.36. The van der Waals surface area contributed by atoms with Crippen LogP contribution in [0.25, 0.3) is 11.2 Å². The van der Waals surface area contributed by atoms with Crippen molar-refractivity contribution in [2.24, 2.45) is 0 Å². The Morgan fingerprint density at radius 3 is 3.12 bits per heavy atom. The van der Waals surface area contributed by atoms with E-state index in [1.807, 2.05) is 0 Å². The molecule has 1 aliphatic heterocycles. The van der Waals surface area contributed by atoms with Gasteiger partial charge in [-0.2, -0.15) is 0 Å². The van der Waals surface area contributed by atoms with Crippen LogP contribution in [0.1, 0.15) is 32.0 Å². The highest BCUT2D eigenvalue weighted by atomic mass is 15.1. The number of aromatic amines is 1. The summed E-state index contributed by atoms with van der Waals surface area (Å²) in [5, 5.41) is 3.56. The second-order valence-electron chi connectivity index (χ2n) is 4.31. The summed E-state index contributed by atoms with van der Waals surface area (Å²) in [6.07, 6.45) is 6.69. The summed E-state index contributed by atoms with van der Waals surface area (Å²) in [6.45, 7) is 3.26. The van der Waals surface area contributed by atoms with Crippen LogP contribution in [0, 0.1) is 0 Å². The second-order valence-corrected chi connectivity index (χ2v) is 4.31. The molecule has 0 radical (unpaired) electrons. The number of aromatic nitrogens is 4. The van der Waals surface area contributed by atoms with Gasteiger partial charge in [0.25, 0.3) is 0 Å². The third-order valence-electron chi connectivity index (χ3n) is 3.46. The van der Waals surface area contributed by atoms with Crippen LogP contribution < -0.4 is 5.32 Å². The molecule has 0 saturated carbocycles. The average Bonchev–Trinajstić information content (AvgIpc) is 2.96. The molecule has 2 aromatic rings. The zero-order chi connectivity index (χ0) is 11.0. The predicted octanol–water partition coefficient (Wildman–Crippen LogP) is 1.34. The van der Waals surface area contributed by atoms with Crippen LogP contribution in [0.3, 0.4) is 0 Å². The first kappa shape index (κ1) is 9.72. The van der Waals surface area contributed by atoms with Crippen LogP contribution in [-0.4, -0.2) is 26.5 Å². The third-order valence-corrected chi connectivity index (χ3v) is 3.46. The smallest absolute Gasteiger partial charge is 0.180 e. The van der Waals surface area contributed by atoms with Crippen molar-refractivity contribution in [2.45, 2.75) is 31.7 Å². The van der Waals surface area contributed by atoms with Gasteiger partial charge in [0.05, 0.1) is 11.7 Å². The molecule has 0 amide bonds. The summed E-state index contributed by atoms with van der Waals surface area (Å²) in [5.74, 6) is 1.00. The normalized spacial score (nSPS) is 25.3. The number of rotatable bonds is 2. The molecule has 1 fully saturated rings. The molecule has 5 nitrogen and oxygen atoms in total. The number of nitrogens with one attached hydrogen (secondary N) is 2. The quantitative estimate of drug-likeness (QED) is 0.796. The highest BCUT2D eigenvalue weighted by Crippen LogP contribution is 2.32. The molecule has 0 bridgehead atoms. The fraction of sp³-hybridized carbons (Fsp3) is 0.545. The molecule has 1 atom stereocenters. The van der Waals surface area contributed by atoms with Gasteiger partial charge in [-0.15, -0.1) is 0 Å². The van der Waals surface area contributed by atoms with Gasteiger partial charge in [-0.05, 0) is 25.8 Å². The van der Waals surface area contributed by atoms with Crippen LogP contribution >= 0.6 is 0 Å². The number of nitrogens with zero attached hydrogens (tertiary/aromatic N) is 3. The van der Waals surface area contributed by atoms with E-state index in [9.17, 15) is 0 Å². The molecule has 3 rings (SSSR count). The van der Waals surface area contributed by atoms with Crippen molar-refractivity contribution in [2.75, 3.05) is 6.54 Å². The first-order valence-electron chi connectivity index (χ1n) is 5.75. The van der Waals surface area contributed by atoms with E-state index in [1.54, 1.807) is 6.20 Å². The Morgan fingerprint density at radius 1 is 1.50 bits per heavy atom. The minimum atomic E-state index is 0.0146. The molecule has 2 N–H and O–H groups in total. The zero-order valence-corrected chi connectivity index (χ0v) is 9.32. The molecule has 0 aliphatic carbocycles. The van der Waals surface area contributed by atoms with E-state index in [4.69, 9.17) is 0 Å². The standard InChI is InChI=1S/C11H15N5/c1-2-11(4-3-5-14-11)10-15-8-6-12-7-13-9(8)16-10/h6-7,14H,2-5H2,1H3,(H,12,13,15,16). The van der Waals surface area contributed by atoms with Crippen molar-refractivity contribution in [3.63, 3.8) is 0 Å². The van der Waals surface area contributed by atoms with Gasteiger partial charge in [0.1, 0.15) is 17.7 Å². The first-order chi connectivity index (χ1) is 7.84. The lowest BCUT2D eigenvalue weighted by Gasteiger charge is -2.25. The number of imidazole rings is 1. The molecular weight excluding hydrogens is 202 g/mol. The van der Waals surface area contributed by atoms with E-state index >= 15 is 0 Å². The molecule has 3 heterocycles. The lowest BCUT2D eigenvalue weighted by molar-refractivity contribution is 0.356. The molecule has 0 aromatic carbocycles. The number of hydrogen-bond acceptors (Lipinski definition) is 4. The number of H-pyrrole nitrogens is 1. The Kier molecular flexibility index (Phi) is 2.14. The Morgan fingerprint density at radius 2 is 2.44 bits per heavy atom. The predicted molar refractivity (Wildman–Crippen MR) is 60.9 cm³/mol. The van der Waals surface area contributed by atoms with Crippen LogP contribution in [0.2, 0.25) is 0 Å². The van der Waals surface area contributed by atoms with Gasteiger partial charge in [-0.25, -0.2) is 15.0 Å². The van der Waals surface area contributed by atoms with Gasteiger partial charge in [0, 0.05) is 0 Å². The zero-order valence-electron chi connectivity index (χ0n) is 9.32. The molecule has 84 valence electrons. The van der Waals surface area contributed by atoms with Crippen LogP contribution in [-0.2, 0) is 5.54 Å². The van der Waals surface area contributed by atoms with Gasteiger partial charge < -0.3 is 10.3 Å². The fourth-order valence-electron chi connectivity index (χ4n) is 2.47. The van der Waals surface area contributed by atoms with Crippen molar-refractivity contribution >= 4 is 11.2 Å². The average molecular weight is 217 g/mol. The number of fused-ring (bicyclic) bond motifs is 1. The molecule has 0 spiro atoms. The van der Waals surface area contributed by atoms with Gasteiger partial charge in [0.2, 0.25) is 0 Å². The highest BCUT2D eigenvalue weighted by molar-refractivity contribution is 5.69. The van der Waals surface area contributed by atoms with Crippen molar-refractivity contribution in [1.29, 1.82) is 0 Å². The first-order valence-corrected chi connectivity index (χ1v) is 5.75. The molecule has 1 saturated heterocycles. The van der Waals surface area contributed by atoms with E-state index in [2.05, 4.69) is 32.2 Å². The second kappa shape index (κ2) is 3.52. The van der Waals surface area contributed by atoms with E-state index in [1.165, 1.54) is 12.7 Å². The number of hydrogen-bond donors (Lipinski definition) is 2. The summed E-state index contributed by atoms with van der Waals surface area (Å²) in [5.41, 5.74) is 1.69. The van der Waals surface area contributed by atoms with Crippen LogP contribution in [0.5, 0.6) is 0 Å². The molecule has 2 aromatic heterocycles. The largest absolute Gasteiger partial charge is 0.338 e. The lowest BCUT2D eigenvalue weighted by atomic mass is 9.93. The van der Waals surface area contributed by atoms with Crippen LogP contribution in [0.15, 0.2) is 12.5 Å². The summed E-state index contributed by atoms with van der Waals surface area (Å²) in [4.78, 5) is 16.1. The molecular formula is C11H15N5. The van der Waals surface area contributed by atoms with Gasteiger partial charge in [-0.1, -0.05) is 6.92 Å². The molecule has 1 aliphatic rings. The molecule has 5 heteroatoms. The van der Waals surface area contributed by atoms with Crippen LogP contribution in [0.4, 0.5) is 0 Å². The lowest BCUT2D eigenvalue weighted by Crippen LogP contribution is -2.37. The van der Waals surface area contributed by atoms with Crippen molar-refractivity contribution in [1.82, 2.24) is 25.3 Å². The maximum absolute atomic E-state index is 4.57. The maximum Gasteiger partial charge on any atom is 0.180 e. The molecule has 1 unspecified atom stereocenters. The summed E-state index contributed by atoms with van der Waals surface area (Å²) in [7, 11) is 0. The monoisotopic (exact) mass is 217 g/mol. The summed E-state index contributed by atoms with van der Waals surface area (Å²) in [6, 6.07) is 0. The minimum Gasteiger partial charge on any atom is -0.338 e. The topological polar surface area (TPSA) is 66.5 Å². The molecule has 16 heavy (non-hydrogen) atoms. The van der Waals surface area contributed by atoms with Gasteiger partial charge in [0.15, 0.2) is 5.65 Å². The van der Waals surface area contributed by atoms with Crippen molar-refractivity contribution in [3.05, 3.63) is 18.3 Å². The Labute approximate surface area is 93.7 Å². The van der Waals surface area contributed by atoms with E-state index in [0.29, 0.717) is 0 Å². The van der Waals surface area contributed by atoms with E-state index in [-0.39, 0.29) is 5.54 Å². The Bertz CT molecular complexity index is 465. The minimum absolute atomic E-state index is 0.0146.